The fourth-order valence-corrected chi connectivity index (χ4v) is 5.58. The Morgan fingerprint density at radius 1 is 1.20 bits per heavy atom. The van der Waals surface area contributed by atoms with Crippen molar-refractivity contribution in [2.75, 3.05) is 31.7 Å². The quantitative estimate of drug-likeness (QED) is 0.290. The number of aryl methyl sites for hydroxylation is 1. The van der Waals surface area contributed by atoms with Crippen LogP contribution in [-0.4, -0.2) is 52.0 Å². The molecule has 2 aliphatic rings. The molecule has 11 nitrogen and oxygen atoms in total. The lowest BCUT2D eigenvalue weighted by Crippen LogP contribution is -2.42. The van der Waals surface area contributed by atoms with Crippen molar-refractivity contribution < 1.29 is 18.9 Å². The molecular weight excluding hydrogens is 532 g/mol. The van der Waals surface area contributed by atoms with E-state index in [1.807, 2.05) is 4.90 Å². The number of carbonyl (C=O) groups is 2. The third kappa shape index (κ3) is 5.99. The number of aromatic nitrogens is 4. The van der Waals surface area contributed by atoms with Crippen LogP contribution in [0.15, 0.2) is 29.8 Å². The first-order chi connectivity index (χ1) is 19.3. The van der Waals surface area contributed by atoms with E-state index in [4.69, 9.17) is 27.9 Å². The van der Waals surface area contributed by atoms with Crippen LogP contribution in [0.3, 0.4) is 0 Å². The smallest absolute Gasteiger partial charge is 0.292 e. The zero-order valence-electron chi connectivity index (χ0n) is 23.3. The van der Waals surface area contributed by atoms with Crippen LogP contribution < -0.4 is 21.4 Å². The molecule has 12 heteroatoms. The highest BCUT2D eigenvalue weighted by Crippen LogP contribution is 2.35. The molecule has 1 aliphatic heterocycles. The van der Waals surface area contributed by atoms with E-state index < -0.39 is 0 Å². The number of halogens is 1. The summed E-state index contributed by atoms with van der Waals surface area (Å²) in [5, 5.41) is 3.84. The Bertz CT molecular complexity index is 1410. The Kier molecular flexibility index (Phi) is 9.46. The Labute approximate surface area is 239 Å². The maximum absolute atomic E-state index is 11.9. The Morgan fingerprint density at radius 2 is 1.88 bits per heavy atom. The molecule has 1 aliphatic carbocycles. The average Bonchev–Trinajstić information content (AvgIpc) is 3.25. The number of nitrogens with two attached hydrogens (primary N) is 2. The highest BCUT2D eigenvalue weighted by Gasteiger charge is 2.33. The normalized spacial score (nSPS) is 15.2. The number of nitrogens with zero attached hydrogens (tertiary/aromatic N) is 5. The topological polar surface area (TPSA) is 145 Å². The number of hydrogen-bond acceptors (Lipinski definition) is 8. The van der Waals surface area contributed by atoms with Gasteiger partial charge in [-0.15, -0.1) is 0 Å². The summed E-state index contributed by atoms with van der Waals surface area (Å²) in [6, 6.07) is 8.86. The molecule has 1 saturated carbocycles. The number of hydrogen-bond donors (Lipinski definition) is 3. The van der Waals surface area contributed by atoms with Gasteiger partial charge in [0.2, 0.25) is 5.91 Å². The standard InChI is InChI=1S/C26H34ClN8O.C2H4O2/c1-3-34-19-9-4-5-10-20(19)35(18-11-13-33(14-12-18)16(2)36)21(34)15-30-22(17-7-6-8-17)23-25(28)32-26(29)24(27)31-23;1-4-2-3/h4-5,9-10,18,30H,3,6-8,11-15H2,1-2H3,(H4,28,29,32);2H,1H3/q+1;. The van der Waals surface area contributed by atoms with E-state index in [0.717, 1.165) is 57.4 Å². The fraction of sp³-hybridized carbons (Fsp3) is 0.464. The van der Waals surface area contributed by atoms with Gasteiger partial charge in [0.1, 0.15) is 18.3 Å². The van der Waals surface area contributed by atoms with Gasteiger partial charge < -0.3 is 26.4 Å². The SMILES string of the molecule is CC[n+]1c(CNC(=C2CCC2)c2nc(Cl)c(N)nc2N)n(C2CCN(C(C)=O)CC2)c2ccccc21.COC=O. The third-order valence-corrected chi connectivity index (χ3v) is 7.86. The molecule has 1 saturated heterocycles. The van der Waals surface area contributed by atoms with E-state index in [1.165, 1.54) is 29.5 Å². The first-order valence-corrected chi connectivity index (χ1v) is 14.0. The van der Waals surface area contributed by atoms with Gasteiger partial charge in [0.25, 0.3) is 12.3 Å². The monoisotopic (exact) mass is 569 g/mol. The molecule has 0 bridgehead atoms. The lowest BCUT2D eigenvalue weighted by atomic mass is 9.89. The van der Waals surface area contributed by atoms with E-state index >= 15 is 0 Å². The largest absolute Gasteiger partial charge is 0.471 e. The predicted molar refractivity (Wildman–Crippen MR) is 155 cm³/mol. The molecule has 3 aromatic rings. The number of imidazole rings is 1. The summed E-state index contributed by atoms with van der Waals surface area (Å²) in [5.74, 6) is 1.75. The second-order valence-electron chi connectivity index (χ2n) is 9.91. The van der Waals surface area contributed by atoms with E-state index in [2.05, 4.69) is 60.3 Å². The van der Waals surface area contributed by atoms with E-state index in [1.54, 1.807) is 6.92 Å². The molecule has 2 fully saturated rings. The van der Waals surface area contributed by atoms with Crippen molar-refractivity contribution in [3.05, 3.63) is 46.5 Å². The van der Waals surface area contributed by atoms with Crippen molar-refractivity contribution in [3.63, 3.8) is 0 Å². The minimum atomic E-state index is 0.136. The van der Waals surface area contributed by atoms with Gasteiger partial charge in [-0.3, -0.25) is 9.59 Å². The molecule has 3 heterocycles. The number of rotatable bonds is 7. The van der Waals surface area contributed by atoms with Crippen LogP contribution in [0.2, 0.25) is 5.15 Å². The number of carbonyl (C=O) groups excluding carboxylic acids is 2. The zero-order valence-corrected chi connectivity index (χ0v) is 24.1. The Hall–Kier alpha value is -3.86. The van der Waals surface area contributed by atoms with Crippen molar-refractivity contribution in [1.29, 1.82) is 0 Å². The number of benzene rings is 1. The first-order valence-electron chi connectivity index (χ1n) is 13.6. The highest BCUT2D eigenvalue weighted by molar-refractivity contribution is 6.31. The second-order valence-corrected chi connectivity index (χ2v) is 10.3. The molecule has 0 spiro atoms. The number of ether oxygens (including phenoxy) is 1. The van der Waals surface area contributed by atoms with E-state index in [9.17, 15) is 4.79 Å². The number of fused-ring (bicyclic) bond motifs is 1. The van der Waals surface area contributed by atoms with Gasteiger partial charge in [0.15, 0.2) is 27.8 Å². The van der Waals surface area contributed by atoms with Gasteiger partial charge in [-0.1, -0.05) is 23.7 Å². The summed E-state index contributed by atoms with van der Waals surface area (Å²) in [6.45, 7) is 7.19. The summed E-state index contributed by atoms with van der Waals surface area (Å²) < 4.78 is 8.70. The van der Waals surface area contributed by atoms with Crippen molar-refractivity contribution in [3.8, 4) is 0 Å². The molecule has 5 N–H and O–H groups in total. The summed E-state index contributed by atoms with van der Waals surface area (Å²) in [5.41, 5.74) is 17.2. The molecule has 5 rings (SSSR count). The molecule has 40 heavy (non-hydrogen) atoms. The zero-order chi connectivity index (χ0) is 28.8. The predicted octanol–water partition coefficient (Wildman–Crippen LogP) is 3.21. The number of anilines is 2. The first kappa shape index (κ1) is 29.1. The molecule has 214 valence electrons. The molecule has 0 atom stereocenters. The number of methoxy groups -OCH3 is 1. The van der Waals surface area contributed by atoms with Gasteiger partial charge in [0.05, 0.1) is 19.4 Å². The van der Waals surface area contributed by atoms with Crippen LogP contribution in [0, 0.1) is 0 Å². The third-order valence-electron chi connectivity index (χ3n) is 7.58. The summed E-state index contributed by atoms with van der Waals surface area (Å²) in [7, 11) is 1.31. The molecule has 0 unspecified atom stereocenters. The van der Waals surface area contributed by atoms with Gasteiger partial charge >= 0.3 is 0 Å². The van der Waals surface area contributed by atoms with Crippen molar-refractivity contribution >= 4 is 52.3 Å². The number of likely N-dealkylation sites (tertiary alicyclic amines) is 1. The van der Waals surface area contributed by atoms with Crippen molar-refractivity contribution in [2.45, 2.75) is 65.1 Å². The molecule has 1 amide bonds. The second kappa shape index (κ2) is 13.0. The highest BCUT2D eigenvalue weighted by atomic mass is 35.5. The average molecular weight is 570 g/mol. The van der Waals surface area contributed by atoms with Gasteiger partial charge in [0, 0.05) is 32.9 Å². The van der Waals surface area contributed by atoms with Gasteiger partial charge in [-0.2, -0.15) is 0 Å². The number of amides is 1. The van der Waals surface area contributed by atoms with Gasteiger partial charge in [-0.25, -0.2) is 19.1 Å². The number of nitrogens with one attached hydrogen (secondary N) is 1. The van der Waals surface area contributed by atoms with Crippen LogP contribution in [-0.2, 0) is 27.4 Å². The molecule has 0 radical (unpaired) electrons. The van der Waals surface area contributed by atoms with Crippen molar-refractivity contribution in [2.24, 2.45) is 0 Å². The van der Waals surface area contributed by atoms with E-state index in [-0.39, 0.29) is 22.7 Å². The number of para-hydroxylation sites is 2. The molecular formula is C28H38ClN8O3+. The number of nitrogen functional groups attached to an aromatic ring is 2. The number of piperidine rings is 1. The Balaban J connectivity index is 0.000000867. The minimum absolute atomic E-state index is 0.136. The number of allylic oxidation sites excluding steroid dienone is 1. The van der Waals surface area contributed by atoms with E-state index in [0.29, 0.717) is 24.8 Å². The van der Waals surface area contributed by atoms with Crippen LogP contribution in [0.4, 0.5) is 11.6 Å². The minimum Gasteiger partial charge on any atom is -0.471 e. The molecule has 1 aromatic carbocycles. The lowest BCUT2D eigenvalue weighted by molar-refractivity contribution is -0.676. The lowest BCUT2D eigenvalue weighted by Gasteiger charge is -2.30. The van der Waals surface area contributed by atoms with Crippen LogP contribution in [0.25, 0.3) is 16.7 Å². The summed E-state index contributed by atoms with van der Waals surface area (Å²) >= 11 is 6.23. The maximum atomic E-state index is 11.9. The maximum Gasteiger partial charge on any atom is 0.292 e. The van der Waals surface area contributed by atoms with Crippen molar-refractivity contribution in [1.82, 2.24) is 24.8 Å². The van der Waals surface area contributed by atoms with Crippen LogP contribution in [0.1, 0.15) is 63.5 Å². The van der Waals surface area contributed by atoms with Crippen LogP contribution in [0.5, 0.6) is 0 Å². The fourth-order valence-electron chi connectivity index (χ4n) is 5.46. The Morgan fingerprint density at radius 3 is 2.45 bits per heavy atom. The molecule has 2 aromatic heterocycles. The van der Waals surface area contributed by atoms with Crippen LogP contribution >= 0.6 is 11.6 Å². The summed E-state index contributed by atoms with van der Waals surface area (Å²) in [6.07, 6.45) is 4.97. The van der Waals surface area contributed by atoms with Gasteiger partial charge in [-0.05, 0) is 43.9 Å². The summed E-state index contributed by atoms with van der Waals surface area (Å²) in [4.78, 5) is 31.5.